The lowest BCUT2D eigenvalue weighted by Gasteiger charge is -2.34. The van der Waals surface area contributed by atoms with Gasteiger partial charge in [-0.1, -0.05) is 70.6 Å². The van der Waals surface area contributed by atoms with Gasteiger partial charge in [-0.2, -0.15) is 8.42 Å². The summed E-state index contributed by atoms with van der Waals surface area (Å²) < 4.78 is 39.7. The Morgan fingerprint density at radius 2 is 1.37 bits per heavy atom. The summed E-state index contributed by atoms with van der Waals surface area (Å²) >= 11 is 0. The average Bonchev–Trinajstić information content (AvgIpc) is 2.72. The molecule has 0 spiro atoms. The molecule has 0 saturated carbocycles. The van der Waals surface area contributed by atoms with E-state index < -0.39 is 16.4 Å². The molecule has 1 N–H and O–H groups in total. The number of para-hydroxylation sites is 2. The van der Waals surface area contributed by atoms with Crippen LogP contribution in [0.15, 0.2) is 78.9 Å². The molecule has 0 aromatic heterocycles. The summed E-state index contributed by atoms with van der Waals surface area (Å²) in [5, 5.41) is 0. The van der Waals surface area contributed by atoms with Crippen molar-refractivity contribution in [2.24, 2.45) is 0 Å². The summed E-state index contributed by atoms with van der Waals surface area (Å²) in [5.41, 5.74) is 5.06. The van der Waals surface area contributed by atoms with Crippen LogP contribution in [0, 0.1) is 0 Å². The Bertz CT molecular complexity index is 1080. The van der Waals surface area contributed by atoms with E-state index in [9.17, 15) is 8.68 Å². The first-order chi connectivity index (χ1) is 14.3. The van der Waals surface area contributed by atoms with Crippen LogP contribution in [0.4, 0.5) is 15.3 Å². The quantitative estimate of drug-likeness (QED) is 0.377. The highest BCUT2D eigenvalue weighted by molar-refractivity contribution is 7.80. The van der Waals surface area contributed by atoms with Crippen molar-refractivity contribution in [1.29, 1.82) is 0 Å². The van der Waals surface area contributed by atoms with E-state index in [1.807, 2.05) is 85.9 Å². The summed E-state index contributed by atoms with van der Waals surface area (Å²) in [6.07, 6.45) is 0. The van der Waals surface area contributed by atoms with Crippen LogP contribution in [0.2, 0.25) is 0 Å². The zero-order valence-corrected chi connectivity index (χ0v) is 16.9. The molecule has 30 heavy (non-hydrogen) atoms. The molecule has 0 atom stereocenters. The Balaban J connectivity index is 0.000000461. The molecular formula is C22H20FNO5S. The summed E-state index contributed by atoms with van der Waals surface area (Å²) in [7, 11) is -3.14. The topological polar surface area (TPSA) is 83.9 Å². The molecule has 0 aliphatic carbocycles. The molecule has 3 aromatic carbocycles. The van der Waals surface area contributed by atoms with Crippen molar-refractivity contribution in [1.82, 2.24) is 0 Å². The molecule has 4 rings (SSSR count). The fourth-order valence-corrected chi connectivity index (χ4v) is 3.44. The van der Waals surface area contributed by atoms with Gasteiger partial charge in [0.05, 0.1) is 0 Å². The lowest BCUT2D eigenvalue weighted by Crippen LogP contribution is -2.27. The Hall–Kier alpha value is -3.23. The van der Waals surface area contributed by atoms with Crippen LogP contribution in [0.25, 0.3) is 0 Å². The fraction of sp³-hybridized carbons (Fsp3) is 0.136. The zero-order chi connectivity index (χ0) is 21.7. The number of carbonyl (C=O) groups excluding carboxylic acids is 1. The second-order valence-corrected chi connectivity index (χ2v) is 7.44. The number of ether oxygens (including phenoxy) is 1. The van der Waals surface area contributed by atoms with Crippen molar-refractivity contribution in [2.45, 2.75) is 12.5 Å². The first-order valence-corrected chi connectivity index (χ1v) is 10.4. The number of anilines is 2. The maximum Gasteiger partial charge on any atom is 0.435 e. The van der Waals surface area contributed by atoms with Gasteiger partial charge < -0.3 is 9.64 Å². The lowest BCUT2D eigenvalue weighted by molar-refractivity contribution is -0.145. The maximum atomic E-state index is 13.0. The van der Waals surface area contributed by atoms with Crippen LogP contribution in [-0.4, -0.2) is 26.0 Å². The van der Waals surface area contributed by atoms with Gasteiger partial charge in [0, 0.05) is 18.4 Å². The van der Waals surface area contributed by atoms with Gasteiger partial charge in [0.1, 0.15) is 12.5 Å². The summed E-state index contributed by atoms with van der Waals surface area (Å²) in [5.74, 6) is -0.607. The van der Waals surface area contributed by atoms with Crippen molar-refractivity contribution < 1.29 is 26.4 Å². The van der Waals surface area contributed by atoms with Crippen LogP contribution in [0.3, 0.4) is 0 Å². The first-order valence-electron chi connectivity index (χ1n) is 9.05. The fourth-order valence-electron chi connectivity index (χ4n) is 3.44. The molecular weight excluding hydrogens is 409 g/mol. The SMILES string of the molecule is CN1c2ccccc2C(C(=O)OCc2ccccc2)c2ccccc21.O=S(=O)(O)F. The molecule has 1 aliphatic heterocycles. The molecule has 6 nitrogen and oxygen atoms in total. The molecule has 0 saturated heterocycles. The number of rotatable bonds is 3. The van der Waals surface area contributed by atoms with E-state index in [-0.39, 0.29) is 12.6 Å². The van der Waals surface area contributed by atoms with Crippen LogP contribution < -0.4 is 4.90 Å². The molecule has 8 heteroatoms. The molecule has 0 amide bonds. The van der Waals surface area contributed by atoms with Gasteiger partial charge in [-0.05, 0) is 28.8 Å². The number of hydrogen-bond donors (Lipinski definition) is 1. The van der Waals surface area contributed by atoms with E-state index in [1.54, 1.807) is 0 Å². The van der Waals surface area contributed by atoms with Crippen LogP contribution >= 0.6 is 0 Å². The summed E-state index contributed by atoms with van der Waals surface area (Å²) in [4.78, 5) is 15.1. The van der Waals surface area contributed by atoms with E-state index in [0.29, 0.717) is 0 Å². The minimum absolute atomic E-state index is 0.211. The smallest absolute Gasteiger partial charge is 0.435 e. The number of halogens is 1. The van der Waals surface area contributed by atoms with Crippen molar-refractivity contribution >= 4 is 27.8 Å². The second kappa shape index (κ2) is 9.06. The van der Waals surface area contributed by atoms with E-state index in [1.165, 1.54) is 0 Å². The predicted molar refractivity (Wildman–Crippen MR) is 112 cm³/mol. The molecule has 1 aliphatic rings. The van der Waals surface area contributed by atoms with Gasteiger partial charge in [-0.3, -0.25) is 9.35 Å². The minimum Gasteiger partial charge on any atom is -0.460 e. The predicted octanol–water partition coefficient (Wildman–Crippen LogP) is 4.40. The van der Waals surface area contributed by atoms with Crippen molar-refractivity contribution in [3.63, 3.8) is 0 Å². The third-order valence-corrected chi connectivity index (χ3v) is 4.68. The van der Waals surface area contributed by atoms with E-state index in [4.69, 9.17) is 17.7 Å². The van der Waals surface area contributed by atoms with Crippen molar-refractivity contribution in [3.8, 4) is 0 Å². The molecule has 0 radical (unpaired) electrons. The van der Waals surface area contributed by atoms with E-state index in [0.717, 1.165) is 28.1 Å². The molecule has 0 unspecified atom stereocenters. The number of hydrogen-bond acceptors (Lipinski definition) is 5. The normalized spacial score (nSPS) is 12.8. The highest BCUT2D eigenvalue weighted by Gasteiger charge is 2.34. The van der Waals surface area contributed by atoms with Gasteiger partial charge in [-0.25, -0.2) is 0 Å². The third-order valence-electron chi connectivity index (χ3n) is 4.68. The highest BCUT2D eigenvalue weighted by atomic mass is 32.3. The highest BCUT2D eigenvalue weighted by Crippen LogP contribution is 2.44. The number of benzene rings is 3. The molecule has 3 aromatic rings. The van der Waals surface area contributed by atoms with Gasteiger partial charge >= 0.3 is 16.5 Å². The Morgan fingerprint density at radius 3 is 1.87 bits per heavy atom. The standard InChI is InChI=1S/C22H19NO2.FHO3S/c1-23-19-13-7-5-11-17(19)21(18-12-6-8-14-20(18)23)22(24)25-15-16-9-3-2-4-10-16;1-5(2,3)4/h2-14,21H,15H2,1H3;(H,2,3,4). The first kappa shape index (κ1) is 21.5. The second-order valence-electron chi connectivity index (χ2n) is 6.62. The third kappa shape index (κ3) is 5.22. The lowest BCUT2D eigenvalue weighted by atomic mass is 9.85. The van der Waals surface area contributed by atoms with Crippen LogP contribution in [-0.2, 0) is 26.6 Å². The number of fused-ring (bicyclic) bond motifs is 2. The summed E-state index contributed by atoms with van der Waals surface area (Å²) in [6, 6.07) is 25.8. The number of carbonyl (C=O) groups is 1. The maximum absolute atomic E-state index is 13.0. The van der Waals surface area contributed by atoms with Gasteiger partial charge in [0.15, 0.2) is 0 Å². The Kier molecular flexibility index (Phi) is 6.49. The van der Waals surface area contributed by atoms with Crippen molar-refractivity contribution in [3.05, 3.63) is 95.6 Å². The molecule has 0 fully saturated rings. The molecule has 0 bridgehead atoms. The van der Waals surface area contributed by atoms with Crippen molar-refractivity contribution in [2.75, 3.05) is 11.9 Å². The number of nitrogens with zero attached hydrogens (tertiary/aromatic N) is 1. The van der Waals surface area contributed by atoms with Gasteiger partial charge in [0.25, 0.3) is 0 Å². The number of esters is 1. The average molecular weight is 429 g/mol. The Labute approximate surface area is 174 Å². The Morgan fingerprint density at radius 1 is 0.933 bits per heavy atom. The molecule has 156 valence electrons. The van der Waals surface area contributed by atoms with Gasteiger partial charge in [-0.15, -0.1) is 0 Å². The van der Waals surface area contributed by atoms with E-state index >= 15 is 0 Å². The zero-order valence-electron chi connectivity index (χ0n) is 16.1. The summed E-state index contributed by atoms with van der Waals surface area (Å²) in [6.45, 7) is 0.288. The largest absolute Gasteiger partial charge is 0.460 e. The monoisotopic (exact) mass is 429 g/mol. The van der Waals surface area contributed by atoms with Crippen LogP contribution in [0.1, 0.15) is 22.6 Å². The van der Waals surface area contributed by atoms with Gasteiger partial charge in [0.2, 0.25) is 0 Å². The molecule has 1 heterocycles. The van der Waals surface area contributed by atoms with Crippen LogP contribution in [0.5, 0.6) is 0 Å². The minimum atomic E-state index is -5.17. The van der Waals surface area contributed by atoms with E-state index in [2.05, 4.69) is 4.90 Å².